The summed E-state index contributed by atoms with van der Waals surface area (Å²) >= 11 is 0. The van der Waals surface area contributed by atoms with Gasteiger partial charge in [0.05, 0.1) is 30.9 Å². The summed E-state index contributed by atoms with van der Waals surface area (Å²) in [6.45, 7) is 7.68. The SMILES string of the molecule is CCOC(=O)N1CCN(c2ccc(CNc3nc(N4CCOCC4)cc(-n4c(C(F)F)nc5ccccc54)n3)cc2)CC1. The van der Waals surface area contributed by atoms with Crippen molar-refractivity contribution in [2.45, 2.75) is 19.9 Å². The van der Waals surface area contributed by atoms with Crippen LogP contribution < -0.4 is 15.1 Å². The van der Waals surface area contributed by atoms with Crippen molar-refractivity contribution in [3.63, 3.8) is 0 Å². The molecule has 0 unspecified atom stereocenters. The van der Waals surface area contributed by atoms with Crippen LogP contribution in [0, 0.1) is 0 Å². The Bertz CT molecular complexity index is 1550. The van der Waals surface area contributed by atoms with Gasteiger partial charge in [-0.3, -0.25) is 4.57 Å². The minimum atomic E-state index is -2.78. The number of fused-ring (bicyclic) bond motifs is 1. The Morgan fingerprint density at radius 3 is 2.37 bits per heavy atom. The van der Waals surface area contributed by atoms with Crippen LogP contribution in [0.5, 0.6) is 0 Å². The third kappa shape index (κ3) is 6.31. The normalized spacial score (nSPS) is 15.8. The van der Waals surface area contributed by atoms with Gasteiger partial charge in [0.15, 0.2) is 5.82 Å². The summed E-state index contributed by atoms with van der Waals surface area (Å²) in [5.41, 5.74) is 3.11. The maximum atomic E-state index is 14.1. The summed E-state index contributed by atoms with van der Waals surface area (Å²) in [7, 11) is 0. The number of nitrogens with zero attached hydrogens (tertiary/aromatic N) is 7. The first-order valence-electron chi connectivity index (χ1n) is 14.5. The number of para-hydroxylation sites is 2. The molecule has 0 saturated carbocycles. The van der Waals surface area contributed by atoms with Crippen LogP contribution >= 0.6 is 0 Å². The van der Waals surface area contributed by atoms with Crippen molar-refractivity contribution < 1.29 is 23.0 Å². The number of carbonyl (C=O) groups is 1. The molecular weight excluding hydrogens is 558 g/mol. The number of benzene rings is 2. The molecule has 0 aliphatic carbocycles. The number of halogens is 2. The van der Waals surface area contributed by atoms with Crippen molar-refractivity contribution in [1.29, 1.82) is 0 Å². The van der Waals surface area contributed by atoms with Gasteiger partial charge in [-0.05, 0) is 36.8 Å². The van der Waals surface area contributed by atoms with E-state index in [9.17, 15) is 13.6 Å². The standard InChI is InChI=1S/C30H34F2N8O3/c1-2-43-30(41)39-13-11-37(12-14-39)22-9-7-21(8-10-22)20-33-29-35-25(38-15-17-42-18-16-38)19-26(36-29)40-24-6-4-3-5-23(24)34-28(40)27(31)32/h3-10,19,27H,2,11-18,20H2,1H3,(H,33,35,36). The molecule has 11 nitrogen and oxygen atoms in total. The van der Waals surface area contributed by atoms with Crippen molar-refractivity contribution >= 4 is 34.6 Å². The highest BCUT2D eigenvalue weighted by Crippen LogP contribution is 2.29. The predicted octanol–water partition coefficient (Wildman–Crippen LogP) is 4.48. The van der Waals surface area contributed by atoms with Gasteiger partial charge in [0.2, 0.25) is 5.95 Å². The number of hydrogen-bond donors (Lipinski definition) is 1. The van der Waals surface area contributed by atoms with Gasteiger partial charge >= 0.3 is 6.09 Å². The van der Waals surface area contributed by atoms with E-state index in [2.05, 4.69) is 37.2 Å². The molecule has 0 atom stereocenters. The molecule has 0 bridgehead atoms. The fraction of sp³-hybridized carbons (Fsp3) is 0.400. The largest absolute Gasteiger partial charge is 0.450 e. The number of piperazine rings is 1. The van der Waals surface area contributed by atoms with E-state index in [4.69, 9.17) is 14.5 Å². The summed E-state index contributed by atoms with van der Waals surface area (Å²) < 4.78 is 40.3. The molecule has 0 radical (unpaired) electrons. The average molecular weight is 593 g/mol. The minimum absolute atomic E-state index is 0.265. The number of aromatic nitrogens is 4. The van der Waals surface area contributed by atoms with Gasteiger partial charge in [0.1, 0.15) is 11.6 Å². The first kappa shape index (κ1) is 28.6. The van der Waals surface area contributed by atoms with Crippen LogP contribution in [-0.4, -0.2) is 89.6 Å². The maximum Gasteiger partial charge on any atom is 0.409 e. The van der Waals surface area contributed by atoms with Crippen LogP contribution in [0.25, 0.3) is 16.9 Å². The van der Waals surface area contributed by atoms with Gasteiger partial charge in [0.25, 0.3) is 6.43 Å². The number of alkyl halides is 2. The maximum absolute atomic E-state index is 14.1. The van der Waals surface area contributed by atoms with Crippen molar-refractivity contribution in [2.75, 3.05) is 74.2 Å². The number of imidazole rings is 1. The van der Waals surface area contributed by atoms with Crippen LogP contribution in [0.4, 0.5) is 31.0 Å². The van der Waals surface area contributed by atoms with Gasteiger partial charge in [0, 0.05) is 57.6 Å². The summed E-state index contributed by atoms with van der Waals surface area (Å²) in [5, 5.41) is 3.30. The Labute approximate surface area is 248 Å². The third-order valence-electron chi connectivity index (χ3n) is 7.60. The molecule has 6 rings (SSSR count). The summed E-state index contributed by atoms with van der Waals surface area (Å²) in [5.74, 6) is 0.917. The molecule has 226 valence electrons. The second kappa shape index (κ2) is 12.8. The first-order valence-corrected chi connectivity index (χ1v) is 14.5. The summed E-state index contributed by atoms with van der Waals surface area (Å²) in [4.78, 5) is 31.6. The zero-order chi connectivity index (χ0) is 29.8. The number of morpholine rings is 1. The Balaban J connectivity index is 1.21. The topological polar surface area (TPSA) is 101 Å². The van der Waals surface area contributed by atoms with Crippen molar-refractivity contribution in [2.24, 2.45) is 0 Å². The summed E-state index contributed by atoms with van der Waals surface area (Å²) in [6, 6.07) is 16.9. The molecule has 0 spiro atoms. The zero-order valence-electron chi connectivity index (χ0n) is 24.0. The van der Waals surface area contributed by atoms with Gasteiger partial charge in [-0.2, -0.15) is 9.97 Å². The Morgan fingerprint density at radius 1 is 0.930 bits per heavy atom. The average Bonchev–Trinajstić information content (AvgIpc) is 3.45. The summed E-state index contributed by atoms with van der Waals surface area (Å²) in [6.07, 6.45) is -3.05. The predicted molar refractivity (Wildman–Crippen MR) is 159 cm³/mol. The van der Waals surface area contributed by atoms with Crippen molar-refractivity contribution in [3.8, 4) is 5.82 Å². The molecule has 1 amide bonds. The van der Waals surface area contributed by atoms with Gasteiger partial charge < -0.3 is 29.5 Å². The van der Waals surface area contributed by atoms with Gasteiger partial charge in [-0.25, -0.2) is 18.6 Å². The number of ether oxygens (including phenoxy) is 2. The van der Waals surface area contributed by atoms with E-state index in [1.54, 1.807) is 42.2 Å². The molecule has 2 aromatic heterocycles. The molecule has 4 aromatic rings. The van der Waals surface area contributed by atoms with Crippen LogP contribution in [-0.2, 0) is 16.0 Å². The van der Waals surface area contributed by atoms with E-state index < -0.39 is 6.43 Å². The number of hydrogen-bond acceptors (Lipinski definition) is 9. The van der Waals surface area contributed by atoms with Crippen LogP contribution in [0.3, 0.4) is 0 Å². The smallest absolute Gasteiger partial charge is 0.409 e. The molecule has 2 aromatic carbocycles. The van der Waals surface area contributed by atoms with E-state index in [0.717, 1.165) is 24.3 Å². The highest BCUT2D eigenvalue weighted by atomic mass is 19.3. The van der Waals surface area contributed by atoms with E-state index >= 15 is 0 Å². The number of nitrogens with one attached hydrogen (secondary N) is 1. The van der Waals surface area contributed by atoms with Crippen LogP contribution in [0.15, 0.2) is 54.6 Å². The quantitative estimate of drug-likeness (QED) is 0.317. The van der Waals surface area contributed by atoms with E-state index in [1.165, 1.54) is 4.57 Å². The highest BCUT2D eigenvalue weighted by molar-refractivity contribution is 5.78. The van der Waals surface area contributed by atoms with Gasteiger partial charge in [-0.15, -0.1) is 0 Å². The second-order valence-corrected chi connectivity index (χ2v) is 10.3. The fourth-order valence-corrected chi connectivity index (χ4v) is 5.37. The Morgan fingerprint density at radius 2 is 1.65 bits per heavy atom. The Kier molecular flexibility index (Phi) is 8.50. The lowest BCUT2D eigenvalue weighted by atomic mass is 10.2. The number of carbonyl (C=O) groups excluding carboxylic acids is 1. The molecule has 2 aliphatic heterocycles. The van der Waals surface area contributed by atoms with Crippen LogP contribution in [0.1, 0.15) is 24.7 Å². The van der Waals surface area contributed by atoms with Crippen LogP contribution in [0.2, 0.25) is 0 Å². The number of anilines is 3. The Hall–Kier alpha value is -4.52. The van der Waals surface area contributed by atoms with Gasteiger partial charge in [-0.1, -0.05) is 24.3 Å². The lowest BCUT2D eigenvalue weighted by molar-refractivity contribution is 0.105. The van der Waals surface area contributed by atoms with E-state index in [-0.39, 0.29) is 11.9 Å². The number of rotatable bonds is 8. The van der Waals surface area contributed by atoms with E-state index in [0.29, 0.717) is 81.2 Å². The molecule has 1 N–H and O–H groups in total. The lowest BCUT2D eigenvalue weighted by Gasteiger charge is -2.35. The zero-order valence-corrected chi connectivity index (χ0v) is 24.0. The molecule has 43 heavy (non-hydrogen) atoms. The number of amides is 1. The minimum Gasteiger partial charge on any atom is -0.450 e. The second-order valence-electron chi connectivity index (χ2n) is 10.3. The highest BCUT2D eigenvalue weighted by Gasteiger charge is 2.24. The molecule has 13 heteroatoms. The van der Waals surface area contributed by atoms with E-state index in [1.807, 2.05) is 12.1 Å². The van der Waals surface area contributed by atoms with Crippen molar-refractivity contribution in [1.82, 2.24) is 24.4 Å². The fourth-order valence-electron chi connectivity index (χ4n) is 5.37. The lowest BCUT2D eigenvalue weighted by Crippen LogP contribution is -2.49. The molecule has 2 saturated heterocycles. The molecular formula is C30H34F2N8O3. The first-order chi connectivity index (χ1) is 21.0. The van der Waals surface area contributed by atoms with Crippen molar-refractivity contribution in [3.05, 3.63) is 66.0 Å². The monoisotopic (exact) mass is 592 g/mol. The molecule has 4 heterocycles. The third-order valence-corrected chi connectivity index (χ3v) is 7.60. The molecule has 2 aliphatic rings. The molecule has 2 fully saturated rings.